The summed E-state index contributed by atoms with van der Waals surface area (Å²) in [5, 5.41) is 13.6. The van der Waals surface area contributed by atoms with E-state index < -0.39 is 0 Å². The third-order valence-corrected chi connectivity index (χ3v) is 4.04. The topological polar surface area (TPSA) is 147 Å². The molecule has 4 rings (SSSR count). The van der Waals surface area contributed by atoms with Gasteiger partial charge in [0, 0.05) is 11.8 Å². The number of nitrogens with one attached hydrogen (secondary N) is 1. The van der Waals surface area contributed by atoms with Gasteiger partial charge in [-0.25, -0.2) is 10.1 Å². The Morgan fingerprint density at radius 1 is 1.16 bits per heavy atom. The van der Waals surface area contributed by atoms with E-state index in [-0.39, 0.29) is 29.9 Å². The molecule has 0 saturated carbocycles. The molecular weight excluding hydrogens is 400 g/mol. The van der Waals surface area contributed by atoms with Gasteiger partial charge in [-0.1, -0.05) is 18.1 Å². The van der Waals surface area contributed by atoms with Gasteiger partial charge in [0.25, 0.3) is 5.88 Å². The van der Waals surface area contributed by atoms with Crippen LogP contribution in [0.4, 0.5) is 5.82 Å². The summed E-state index contributed by atoms with van der Waals surface area (Å²) in [4.78, 5) is 13.1. The highest BCUT2D eigenvalue weighted by atomic mass is 16.5. The van der Waals surface area contributed by atoms with Crippen LogP contribution in [-0.2, 0) is 0 Å². The predicted octanol–water partition coefficient (Wildman–Crippen LogP) is 2.11. The highest BCUT2D eigenvalue weighted by Crippen LogP contribution is 2.39. The summed E-state index contributed by atoms with van der Waals surface area (Å²) in [5.41, 5.74) is 7.32. The van der Waals surface area contributed by atoms with Crippen LogP contribution in [0.25, 0.3) is 22.9 Å². The zero-order chi connectivity index (χ0) is 21.6. The number of benzene rings is 1. The minimum Gasteiger partial charge on any atom is -0.493 e. The Labute approximate surface area is 176 Å². The fraction of sp³-hybridized carbons (Fsp3) is 0.100. The second-order valence-corrected chi connectivity index (χ2v) is 5.99. The van der Waals surface area contributed by atoms with Gasteiger partial charge in [-0.05, 0) is 34.7 Å². The third kappa shape index (κ3) is 4.18. The largest absolute Gasteiger partial charge is 0.493 e. The molecule has 0 atom stereocenters. The first-order valence-electron chi connectivity index (χ1n) is 8.94. The number of nitrogens with two attached hydrogens (primary N) is 1. The molecule has 3 heterocycles. The van der Waals surface area contributed by atoms with Crippen LogP contribution in [0.1, 0.15) is 0 Å². The molecule has 4 aromatic rings. The van der Waals surface area contributed by atoms with E-state index in [1.807, 2.05) is 6.07 Å². The number of tetrazole rings is 1. The number of nitrogens with zero attached hydrogens (tertiary/aromatic N) is 6. The van der Waals surface area contributed by atoms with Gasteiger partial charge in [-0.2, -0.15) is 4.98 Å². The maximum atomic E-state index is 6.20. The summed E-state index contributed by atoms with van der Waals surface area (Å²) in [6, 6.07) is 10.5. The zero-order valence-electron chi connectivity index (χ0n) is 16.3. The molecule has 154 valence electrons. The van der Waals surface area contributed by atoms with E-state index in [2.05, 4.69) is 41.5 Å². The highest BCUT2D eigenvalue weighted by molar-refractivity contribution is 5.66. The summed E-state index contributed by atoms with van der Waals surface area (Å²) in [6.45, 7) is -0.0382. The lowest BCUT2D eigenvalue weighted by atomic mass is 10.2. The maximum absolute atomic E-state index is 6.20. The van der Waals surface area contributed by atoms with E-state index in [1.54, 1.807) is 36.5 Å². The standard InChI is InChI=1S/C20H16N8O3/c1-3-10-30-20-16(31-15-7-5-4-6-14(15)29-2)17(21)23-18(24-20)12-8-9-22-13(11-12)19-25-27-28-26-19/h1,4-9,11H,10H2,2H3,(H2,21,23,24)(H,25,26,27,28). The summed E-state index contributed by atoms with van der Waals surface area (Å²) >= 11 is 0. The Bertz CT molecular complexity index is 1240. The lowest BCUT2D eigenvalue weighted by Gasteiger charge is -2.15. The van der Waals surface area contributed by atoms with Crippen LogP contribution in [0.2, 0.25) is 0 Å². The molecule has 0 unspecified atom stereocenters. The number of nitrogen functional groups attached to an aromatic ring is 1. The number of para-hydroxylation sites is 2. The molecule has 0 spiro atoms. The predicted molar refractivity (Wildman–Crippen MR) is 110 cm³/mol. The molecule has 31 heavy (non-hydrogen) atoms. The van der Waals surface area contributed by atoms with Crippen molar-refractivity contribution in [2.24, 2.45) is 0 Å². The second-order valence-electron chi connectivity index (χ2n) is 5.99. The Morgan fingerprint density at radius 2 is 2.00 bits per heavy atom. The lowest BCUT2D eigenvalue weighted by molar-refractivity contribution is 0.325. The number of H-pyrrole nitrogens is 1. The lowest BCUT2D eigenvalue weighted by Crippen LogP contribution is -2.06. The number of anilines is 1. The van der Waals surface area contributed by atoms with Crippen molar-refractivity contribution in [2.45, 2.75) is 0 Å². The van der Waals surface area contributed by atoms with Gasteiger partial charge in [0.1, 0.15) is 5.69 Å². The Morgan fingerprint density at radius 3 is 2.74 bits per heavy atom. The van der Waals surface area contributed by atoms with E-state index in [0.29, 0.717) is 28.6 Å². The molecule has 0 aliphatic carbocycles. The highest BCUT2D eigenvalue weighted by Gasteiger charge is 2.19. The van der Waals surface area contributed by atoms with Crippen LogP contribution in [0.5, 0.6) is 23.1 Å². The molecule has 1 aromatic carbocycles. The van der Waals surface area contributed by atoms with Crippen molar-refractivity contribution in [3.8, 4) is 58.4 Å². The van der Waals surface area contributed by atoms with Crippen LogP contribution in [0.15, 0.2) is 42.6 Å². The van der Waals surface area contributed by atoms with Crippen LogP contribution < -0.4 is 19.9 Å². The molecule has 0 amide bonds. The molecule has 0 bridgehead atoms. The van der Waals surface area contributed by atoms with Gasteiger partial charge in [-0.15, -0.1) is 11.5 Å². The smallest absolute Gasteiger partial charge is 0.264 e. The van der Waals surface area contributed by atoms with Crippen LogP contribution in [0, 0.1) is 12.3 Å². The molecule has 3 N–H and O–H groups in total. The van der Waals surface area contributed by atoms with Gasteiger partial charge >= 0.3 is 0 Å². The SMILES string of the molecule is C#CCOc1nc(-c2ccnc(-c3nnn[nH]3)c2)nc(N)c1Oc1ccccc1OC. The summed E-state index contributed by atoms with van der Waals surface area (Å²) in [7, 11) is 1.53. The quantitative estimate of drug-likeness (QED) is 0.429. The van der Waals surface area contributed by atoms with Crippen molar-refractivity contribution < 1.29 is 14.2 Å². The number of methoxy groups -OCH3 is 1. The molecule has 0 aliphatic rings. The van der Waals surface area contributed by atoms with Crippen molar-refractivity contribution in [2.75, 3.05) is 19.5 Å². The number of aromatic amines is 1. The van der Waals surface area contributed by atoms with Crippen LogP contribution in [-0.4, -0.2) is 49.3 Å². The number of rotatable bonds is 7. The van der Waals surface area contributed by atoms with E-state index >= 15 is 0 Å². The van der Waals surface area contributed by atoms with Crippen molar-refractivity contribution >= 4 is 5.82 Å². The van der Waals surface area contributed by atoms with E-state index in [4.69, 9.17) is 26.4 Å². The maximum Gasteiger partial charge on any atom is 0.264 e. The first kappa shape index (κ1) is 19.6. The molecule has 11 heteroatoms. The number of hydrogen-bond acceptors (Lipinski definition) is 10. The van der Waals surface area contributed by atoms with Crippen molar-refractivity contribution in [3.05, 3.63) is 42.6 Å². The van der Waals surface area contributed by atoms with Gasteiger partial charge in [0.15, 0.2) is 35.6 Å². The van der Waals surface area contributed by atoms with E-state index in [9.17, 15) is 0 Å². The molecule has 0 fully saturated rings. The summed E-state index contributed by atoms with van der Waals surface area (Å²) in [6.07, 6.45) is 6.92. The monoisotopic (exact) mass is 416 g/mol. The van der Waals surface area contributed by atoms with E-state index in [0.717, 1.165) is 0 Å². The van der Waals surface area contributed by atoms with Crippen molar-refractivity contribution in [3.63, 3.8) is 0 Å². The molecular formula is C20H16N8O3. The average molecular weight is 416 g/mol. The first-order valence-corrected chi connectivity index (χ1v) is 8.94. The number of aromatic nitrogens is 7. The fourth-order valence-electron chi connectivity index (χ4n) is 2.66. The number of pyridine rings is 1. The van der Waals surface area contributed by atoms with Gasteiger partial charge < -0.3 is 19.9 Å². The number of ether oxygens (including phenoxy) is 3. The zero-order valence-corrected chi connectivity index (χ0v) is 16.3. The fourth-order valence-corrected chi connectivity index (χ4v) is 2.66. The van der Waals surface area contributed by atoms with Gasteiger partial charge in [0.2, 0.25) is 5.75 Å². The summed E-state index contributed by atoms with van der Waals surface area (Å²) < 4.78 is 16.8. The molecule has 0 aliphatic heterocycles. The van der Waals surface area contributed by atoms with Crippen molar-refractivity contribution in [1.29, 1.82) is 0 Å². The van der Waals surface area contributed by atoms with Crippen LogP contribution >= 0.6 is 0 Å². The van der Waals surface area contributed by atoms with Crippen LogP contribution in [0.3, 0.4) is 0 Å². The Kier molecular flexibility index (Phi) is 5.53. The van der Waals surface area contributed by atoms with Gasteiger partial charge in [0.05, 0.1) is 7.11 Å². The van der Waals surface area contributed by atoms with Gasteiger partial charge in [-0.3, -0.25) is 4.98 Å². The minimum atomic E-state index is -0.0382. The minimum absolute atomic E-state index is 0.0382. The number of hydrogen-bond donors (Lipinski definition) is 2. The number of terminal acetylenes is 1. The Balaban J connectivity index is 1.76. The molecule has 0 saturated heterocycles. The first-order chi connectivity index (χ1) is 15.2. The molecule has 11 nitrogen and oxygen atoms in total. The van der Waals surface area contributed by atoms with E-state index in [1.165, 1.54) is 7.11 Å². The Hall–Kier alpha value is -4.72. The second kappa shape index (κ2) is 8.75. The average Bonchev–Trinajstić information content (AvgIpc) is 3.35. The molecule has 3 aromatic heterocycles. The third-order valence-electron chi connectivity index (χ3n) is 4.04. The summed E-state index contributed by atoms with van der Waals surface area (Å²) in [5.74, 6) is 4.28. The van der Waals surface area contributed by atoms with Crippen molar-refractivity contribution in [1.82, 2.24) is 35.6 Å². The molecule has 0 radical (unpaired) electrons. The normalized spacial score (nSPS) is 10.3.